The molecule has 0 spiro atoms. The quantitative estimate of drug-likeness (QED) is 0.774. The van der Waals surface area contributed by atoms with E-state index in [1.807, 2.05) is 48.5 Å². The Morgan fingerprint density at radius 3 is 2.48 bits per heavy atom. The molecule has 4 nitrogen and oxygen atoms in total. The Morgan fingerprint density at radius 2 is 1.83 bits per heavy atom. The molecule has 0 heterocycles. The first-order valence-corrected chi connectivity index (χ1v) is 7.45. The largest absolute Gasteiger partial charge is 0.493 e. The monoisotopic (exact) mass is 337 g/mol. The number of methoxy groups -OCH3 is 1. The standard InChI is InChI=1S/C18H23NO3.ClH/c1-21-18-12-15(16(19)8-5-11-20)9-10-17(18)22-13-14-6-3-2-4-7-14;/h2-4,6-7,9-10,12,16,20H,5,8,11,13,19H2,1H3;1H/t16-;/m1./s1. The molecule has 2 rings (SSSR count). The fraction of sp³-hybridized carbons (Fsp3) is 0.333. The summed E-state index contributed by atoms with van der Waals surface area (Å²) in [5, 5.41) is 8.88. The van der Waals surface area contributed by atoms with Crippen molar-refractivity contribution in [1.82, 2.24) is 0 Å². The highest BCUT2D eigenvalue weighted by molar-refractivity contribution is 5.85. The fourth-order valence-electron chi connectivity index (χ4n) is 2.25. The molecule has 1 atom stereocenters. The van der Waals surface area contributed by atoms with Crippen molar-refractivity contribution in [2.45, 2.75) is 25.5 Å². The van der Waals surface area contributed by atoms with Crippen LogP contribution < -0.4 is 15.2 Å². The molecule has 3 N–H and O–H groups in total. The smallest absolute Gasteiger partial charge is 0.161 e. The van der Waals surface area contributed by atoms with Crippen LogP contribution in [0.4, 0.5) is 0 Å². The van der Waals surface area contributed by atoms with Gasteiger partial charge in [-0.05, 0) is 36.1 Å². The van der Waals surface area contributed by atoms with E-state index in [0.717, 1.165) is 17.5 Å². The lowest BCUT2D eigenvalue weighted by Gasteiger charge is -2.15. The van der Waals surface area contributed by atoms with E-state index in [-0.39, 0.29) is 25.1 Å². The first-order valence-electron chi connectivity index (χ1n) is 7.45. The normalized spacial score (nSPS) is 11.4. The van der Waals surface area contributed by atoms with Crippen LogP contribution in [0.2, 0.25) is 0 Å². The van der Waals surface area contributed by atoms with E-state index in [2.05, 4.69) is 0 Å². The van der Waals surface area contributed by atoms with Crippen molar-refractivity contribution >= 4 is 12.4 Å². The van der Waals surface area contributed by atoms with Crippen LogP contribution in [0, 0.1) is 0 Å². The van der Waals surface area contributed by atoms with Crippen LogP contribution in [-0.2, 0) is 6.61 Å². The number of nitrogens with two attached hydrogens (primary N) is 1. The minimum atomic E-state index is -0.107. The zero-order valence-electron chi connectivity index (χ0n) is 13.3. The summed E-state index contributed by atoms with van der Waals surface area (Å²) in [5.74, 6) is 1.37. The number of halogens is 1. The van der Waals surface area contributed by atoms with Crippen LogP contribution in [0.1, 0.15) is 30.0 Å². The summed E-state index contributed by atoms with van der Waals surface area (Å²) in [4.78, 5) is 0. The molecule has 2 aromatic carbocycles. The first kappa shape index (κ1) is 19.3. The molecule has 0 aromatic heterocycles. The molecule has 2 aromatic rings. The summed E-state index contributed by atoms with van der Waals surface area (Å²) >= 11 is 0. The zero-order valence-corrected chi connectivity index (χ0v) is 14.1. The second-order valence-electron chi connectivity index (χ2n) is 5.16. The summed E-state index contributed by atoms with van der Waals surface area (Å²) in [6.07, 6.45) is 1.43. The van der Waals surface area contributed by atoms with Crippen molar-refractivity contribution in [3.8, 4) is 11.5 Å². The van der Waals surface area contributed by atoms with E-state index in [0.29, 0.717) is 24.5 Å². The van der Waals surface area contributed by atoms with Gasteiger partial charge < -0.3 is 20.3 Å². The predicted octanol–water partition coefficient (Wildman–Crippen LogP) is 3.47. The van der Waals surface area contributed by atoms with Crippen LogP contribution >= 0.6 is 12.4 Å². The minimum absolute atomic E-state index is 0. The third-order valence-corrected chi connectivity index (χ3v) is 3.53. The molecule has 0 radical (unpaired) electrons. The molecule has 0 aliphatic heterocycles. The maximum atomic E-state index is 8.88. The number of hydrogen-bond acceptors (Lipinski definition) is 4. The Hall–Kier alpha value is -1.75. The van der Waals surface area contributed by atoms with Gasteiger partial charge >= 0.3 is 0 Å². The van der Waals surface area contributed by atoms with Gasteiger partial charge in [0, 0.05) is 12.6 Å². The van der Waals surface area contributed by atoms with Gasteiger partial charge in [-0.2, -0.15) is 0 Å². The van der Waals surface area contributed by atoms with Crippen molar-refractivity contribution in [1.29, 1.82) is 0 Å². The van der Waals surface area contributed by atoms with Gasteiger partial charge in [0.15, 0.2) is 11.5 Å². The van der Waals surface area contributed by atoms with Crippen LogP contribution in [-0.4, -0.2) is 18.8 Å². The molecule has 0 amide bonds. The zero-order chi connectivity index (χ0) is 15.8. The SMILES string of the molecule is COc1cc([C@H](N)CCCO)ccc1OCc1ccccc1.Cl. The third-order valence-electron chi connectivity index (χ3n) is 3.53. The van der Waals surface area contributed by atoms with E-state index in [1.54, 1.807) is 7.11 Å². The van der Waals surface area contributed by atoms with Crippen LogP contribution in [0.3, 0.4) is 0 Å². The van der Waals surface area contributed by atoms with Gasteiger partial charge in [-0.1, -0.05) is 36.4 Å². The van der Waals surface area contributed by atoms with Crippen molar-refractivity contribution in [3.63, 3.8) is 0 Å². The molecule has 0 aliphatic rings. The van der Waals surface area contributed by atoms with Crippen LogP contribution in [0.5, 0.6) is 11.5 Å². The minimum Gasteiger partial charge on any atom is -0.493 e. The van der Waals surface area contributed by atoms with Crippen molar-refractivity contribution in [2.75, 3.05) is 13.7 Å². The van der Waals surface area contributed by atoms with E-state index in [4.69, 9.17) is 20.3 Å². The van der Waals surface area contributed by atoms with Gasteiger partial charge in [0.05, 0.1) is 7.11 Å². The topological polar surface area (TPSA) is 64.7 Å². The average Bonchev–Trinajstić information content (AvgIpc) is 2.58. The van der Waals surface area contributed by atoms with E-state index in [1.165, 1.54) is 0 Å². The Labute approximate surface area is 143 Å². The molecular formula is C18H24ClNO3. The number of aliphatic hydroxyl groups is 1. The highest BCUT2D eigenvalue weighted by Crippen LogP contribution is 2.31. The highest BCUT2D eigenvalue weighted by Gasteiger charge is 2.11. The summed E-state index contributed by atoms with van der Waals surface area (Å²) in [6.45, 7) is 0.649. The maximum absolute atomic E-state index is 8.88. The molecule has 0 aliphatic carbocycles. The van der Waals surface area contributed by atoms with E-state index in [9.17, 15) is 0 Å². The summed E-state index contributed by atoms with van der Waals surface area (Å²) in [7, 11) is 1.62. The summed E-state index contributed by atoms with van der Waals surface area (Å²) < 4.78 is 11.2. The Kier molecular flexibility index (Phi) is 8.48. The lowest BCUT2D eigenvalue weighted by Crippen LogP contribution is -2.11. The molecule has 0 unspecified atom stereocenters. The molecule has 23 heavy (non-hydrogen) atoms. The molecule has 126 valence electrons. The Morgan fingerprint density at radius 1 is 1.09 bits per heavy atom. The molecule has 0 fully saturated rings. The lowest BCUT2D eigenvalue weighted by molar-refractivity contribution is 0.279. The Bertz CT molecular complexity index is 578. The molecule has 5 heteroatoms. The van der Waals surface area contributed by atoms with Gasteiger partial charge in [0.2, 0.25) is 0 Å². The molecule has 0 saturated heterocycles. The van der Waals surface area contributed by atoms with E-state index < -0.39 is 0 Å². The maximum Gasteiger partial charge on any atom is 0.161 e. The molecule has 0 bridgehead atoms. The number of ether oxygens (including phenoxy) is 2. The molecular weight excluding hydrogens is 314 g/mol. The van der Waals surface area contributed by atoms with Crippen LogP contribution in [0.25, 0.3) is 0 Å². The van der Waals surface area contributed by atoms with E-state index >= 15 is 0 Å². The highest BCUT2D eigenvalue weighted by atomic mass is 35.5. The summed E-state index contributed by atoms with van der Waals surface area (Å²) in [6, 6.07) is 15.6. The molecule has 0 saturated carbocycles. The second-order valence-corrected chi connectivity index (χ2v) is 5.16. The number of rotatable bonds is 8. The third kappa shape index (κ3) is 5.75. The fourth-order valence-corrected chi connectivity index (χ4v) is 2.25. The average molecular weight is 338 g/mol. The van der Waals surface area contributed by atoms with Crippen molar-refractivity contribution in [2.24, 2.45) is 5.73 Å². The lowest BCUT2D eigenvalue weighted by atomic mass is 10.0. The number of aliphatic hydroxyl groups excluding tert-OH is 1. The second kappa shape index (κ2) is 10.1. The van der Waals surface area contributed by atoms with Gasteiger partial charge in [0.1, 0.15) is 6.61 Å². The first-order chi connectivity index (χ1) is 10.7. The van der Waals surface area contributed by atoms with Gasteiger partial charge in [0.25, 0.3) is 0 Å². The predicted molar refractivity (Wildman–Crippen MR) is 94.3 cm³/mol. The van der Waals surface area contributed by atoms with Gasteiger partial charge in [-0.3, -0.25) is 0 Å². The van der Waals surface area contributed by atoms with Gasteiger partial charge in [-0.25, -0.2) is 0 Å². The van der Waals surface area contributed by atoms with Crippen molar-refractivity contribution < 1.29 is 14.6 Å². The summed E-state index contributed by atoms with van der Waals surface area (Å²) in [5.41, 5.74) is 8.20. The Balaban J connectivity index is 0.00000264. The number of benzene rings is 2. The van der Waals surface area contributed by atoms with Gasteiger partial charge in [-0.15, -0.1) is 12.4 Å². The van der Waals surface area contributed by atoms with Crippen LogP contribution in [0.15, 0.2) is 48.5 Å². The van der Waals surface area contributed by atoms with Crippen molar-refractivity contribution in [3.05, 3.63) is 59.7 Å². The number of hydrogen-bond donors (Lipinski definition) is 2.